The summed E-state index contributed by atoms with van der Waals surface area (Å²) < 4.78 is 42.6. The highest BCUT2D eigenvalue weighted by molar-refractivity contribution is 8.00. The lowest BCUT2D eigenvalue weighted by atomic mass is 9.86. The highest BCUT2D eigenvalue weighted by atomic mass is 35.5. The number of thioether (sulfide) groups is 1. The maximum absolute atomic E-state index is 14.2. The Hall–Kier alpha value is -1.64. The second kappa shape index (κ2) is 10.1. The van der Waals surface area contributed by atoms with Crippen LogP contribution >= 0.6 is 35.0 Å². The first-order valence-corrected chi connectivity index (χ1v) is 12.0. The maximum Gasteiger partial charge on any atom is 0.435 e. The van der Waals surface area contributed by atoms with Crippen molar-refractivity contribution >= 4 is 46.6 Å². The summed E-state index contributed by atoms with van der Waals surface area (Å²) in [6.07, 6.45) is -0.146. The summed E-state index contributed by atoms with van der Waals surface area (Å²) in [6.45, 7) is 3.80. The molecule has 1 N–H and O–H groups in total. The minimum absolute atomic E-state index is 0.0414. The van der Waals surface area contributed by atoms with Gasteiger partial charge in [-0.25, -0.2) is 0 Å². The molecule has 0 radical (unpaired) electrons. The van der Waals surface area contributed by atoms with Crippen molar-refractivity contribution in [2.24, 2.45) is 11.1 Å². The first kappa shape index (κ1) is 25.0. The summed E-state index contributed by atoms with van der Waals surface area (Å²) in [5.41, 5.74) is -2.29. The quantitative estimate of drug-likeness (QED) is 0.442. The van der Waals surface area contributed by atoms with E-state index in [4.69, 9.17) is 28.0 Å². The molecule has 2 aliphatic rings. The number of alkyl halides is 3. The summed E-state index contributed by atoms with van der Waals surface area (Å²) in [4.78, 5) is 17.1. The van der Waals surface area contributed by atoms with Gasteiger partial charge in [0.25, 0.3) is 5.60 Å². The highest BCUT2D eigenvalue weighted by Crippen LogP contribution is 2.49. The van der Waals surface area contributed by atoms with Crippen molar-refractivity contribution in [3.63, 3.8) is 0 Å². The van der Waals surface area contributed by atoms with E-state index in [1.165, 1.54) is 18.2 Å². The van der Waals surface area contributed by atoms with E-state index in [-0.39, 0.29) is 45.6 Å². The van der Waals surface area contributed by atoms with Crippen LogP contribution in [0.5, 0.6) is 0 Å². The fraction of sp³-hybridized carbons (Fsp3) is 0.455. The number of rotatable bonds is 7. The minimum Gasteiger partial charge on any atom is -0.374 e. The fourth-order valence-electron chi connectivity index (χ4n) is 3.35. The number of carbonyl (C=O) groups is 1. The van der Waals surface area contributed by atoms with Gasteiger partial charge in [-0.3, -0.25) is 4.79 Å². The number of hydrogen-bond acceptors (Lipinski definition) is 4. The molecule has 0 aliphatic carbocycles. The zero-order valence-electron chi connectivity index (χ0n) is 17.5. The zero-order valence-corrected chi connectivity index (χ0v) is 19.8. The SMILES string of the molecule is CC(C)/C=C(\C=C/CC(=O)NC1CSC1)C1=NOC(c2cc(Cl)cc(Cl)c2)(C(F)(F)F)C1. The van der Waals surface area contributed by atoms with Crippen LogP contribution in [0.2, 0.25) is 10.0 Å². The lowest BCUT2D eigenvalue weighted by molar-refractivity contribution is -0.275. The van der Waals surface area contributed by atoms with Crippen molar-refractivity contribution in [2.45, 2.75) is 44.5 Å². The smallest absolute Gasteiger partial charge is 0.374 e. The van der Waals surface area contributed by atoms with Gasteiger partial charge in [0, 0.05) is 46.0 Å². The summed E-state index contributed by atoms with van der Waals surface area (Å²) in [6, 6.07) is 3.91. The Labute approximate surface area is 199 Å². The van der Waals surface area contributed by atoms with E-state index in [0.29, 0.717) is 5.57 Å². The molecule has 32 heavy (non-hydrogen) atoms. The van der Waals surface area contributed by atoms with E-state index >= 15 is 0 Å². The largest absolute Gasteiger partial charge is 0.435 e. The lowest BCUT2D eigenvalue weighted by Gasteiger charge is -2.29. The third kappa shape index (κ3) is 5.83. The summed E-state index contributed by atoms with van der Waals surface area (Å²) in [5.74, 6) is 1.71. The van der Waals surface area contributed by atoms with E-state index in [1.54, 1.807) is 30.0 Å². The van der Waals surface area contributed by atoms with Crippen LogP contribution in [-0.4, -0.2) is 35.3 Å². The van der Waals surface area contributed by atoms with E-state index in [2.05, 4.69) is 10.5 Å². The van der Waals surface area contributed by atoms with E-state index < -0.39 is 18.2 Å². The van der Waals surface area contributed by atoms with E-state index in [0.717, 1.165) is 11.5 Å². The van der Waals surface area contributed by atoms with Gasteiger partial charge in [-0.15, -0.1) is 0 Å². The van der Waals surface area contributed by atoms with Gasteiger partial charge in [0.05, 0.1) is 5.71 Å². The summed E-state index contributed by atoms with van der Waals surface area (Å²) >= 11 is 13.7. The van der Waals surface area contributed by atoms with Gasteiger partial charge in [0.2, 0.25) is 5.91 Å². The molecule has 0 aromatic heterocycles. The third-order valence-corrected chi connectivity index (χ3v) is 6.68. The third-order valence-electron chi connectivity index (χ3n) is 4.96. The van der Waals surface area contributed by atoms with Gasteiger partial charge in [0.1, 0.15) is 0 Å². The molecule has 0 spiro atoms. The van der Waals surface area contributed by atoms with Crippen molar-refractivity contribution in [1.29, 1.82) is 0 Å². The topological polar surface area (TPSA) is 50.7 Å². The average molecular weight is 507 g/mol. The van der Waals surface area contributed by atoms with Crippen LogP contribution in [0.25, 0.3) is 0 Å². The van der Waals surface area contributed by atoms with E-state index in [9.17, 15) is 18.0 Å². The highest BCUT2D eigenvalue weighted by Gasteiger charge is 2.62. The summed E-state index contributed by atoms with van der Waals surface area (Å²) in [7, 11) is 0. The van der Waals surface area contributed by atoms with Crippen LogP contribution in [-0.2, 0) is 15.2 Å². The van der Waals surface area contributed by atoms with Crippen LogP contribution in [0, 0.1) is 5.92 Å². The average Bonchev–Trinajstić information content (AvgIpc) is 3.09. The molecule has 1 aromatic rings. The molecule has 1 amide bonds. The second-order valence-electron chi connectivity index (χ2n) is 8.06. The first-order chi connectivity index (χ1) is 15.0. The molecule has 0 bridgehead atoms. The number of nitrogens with one attached hydrogen (secondary N) is 1. The normalized spacial score (nSPS) is 22.1. The molecule has 1 aromatic carbocycles. The van der Waals surface area contributed by atoms with Crippen LogP contribution in [0.4, 0.5) is 13.2 Å². The molecule has 1 saturated heterocycles. The first-order valence-electron chi connectivity index (χ1n) is 10.0. The Morgan fingerprint density at radius 2 is 1.97 bits per heavy atom. The molecule has 3 rings (SSSR count). The Morgan fingerprint density at radius 1 is 1.31 bits per heavy atom. The van der Waals surface area contributed by atoms with Crippen LogP contribution in [0.3, 0.4) is 0 Å². The van der Waals surface area contributed by atoms with Crippen molar-refractivity contribution in [3.05, 3.63) is 57.6 Å². The molecule has 2 heterocycles. The predicted molar refractivity (Wildman–Crippen MR) is 123 cm³/mol. The number of halogens is 5. The van der Waals surface area contributed by atoms with E-state index in [1.807, 2.05) is 13.8 Å². The second-order valence-corrected chi connectivity index (χ2v) is 10.0. The van der Waals surface area contributed by atoms with Crippen molar-refractivity contribution in [2.75, 3.05) is 11.5 Å². The summed E-state index contributed by atoms with van der Waals surface area (Å²) in [5, 5.41) is 6.85. The Balaban J connectivity index is 1.82. The molecular formula is C22H23Cl2F3N2O2S. The Morgan fingerprint density at radius 3 is 2.50 bits per heavy atom. The van der Waals surface area contributed by atoms with Crippen LogP contribution < -0.4 is 5.32 Å². The van der Waals surface area contributed by atoms with Gasteiger partial charge >= 0.3 is 6.18 Å². The molecule has 10 heteroatoms. The Kier molecular flexibility index (Phi) is 7.89. The predicted octanol–water partition coefficient (Wildman–Crippen LogP) is 6.29. The number of amides is 1. The number of hydrogen-bond donors (Lipinski definition) is 1. The molecule has 1 unspecified atom stereocenters. The molecule has 1 fully saturated rings. The standard InChI is InChI=1S/C22H23Cl2F3N2O2S/c1-13(2)6-14(4-3-5-20(30)28-18-11-32-12-18)19-10-21(31-29-19,22(25,26)27)15-7-16(23)9-17(24)8-15/h3-4,6-9,13,18H,5,10-12H2,1-2H3,(H,28,30)/b4-3-,14-6+. The minimum atomic E-state index is -4.76. The molecular weight excluding hydrogens is 484 g/mol. The molecule has 4 nitrogen and oxygen atoms in total. The van der Waals surface area contributed by atoms with Crippen molar-refractivity contribution in [3.8, 4) is 0 Å². The lowest BCUT2D eigenvalue weighted by Crippen LogP contribution is -2.43. The monoisotopic (exact) mass is 506 g/mol. The van der Waals surface area contributed by atoms with Gasteiger partial charge in [-0.1, -0.05) is 60.4 Å². The molecule has 0 saturated carbocycles. The van der Waals surface area contributed by atoms with Crippen molar-refractivity contribution in [1.82, 2.24) is 5.32 Å². The zero-order chi connectivity index (χ0) is 23.5. The van der Waals surface area contributed by atoms with Crippen molar-refractivity contribution < 1.29 is 22.8 Å². The molecule has 174 valence electrons. The van der Waals surface area contributed by atoms with Gasteiger partial charge in [-0.2, -0.15) is 24.9 Å². The fourth-order valence-corrected chi connectivity index (χ4v) is 4.52. The van der Waals surface area contributed by atoms with Gasteiger partial charge in [-0.05, 0) is 29.7 Å². The van der Waals surface area contributed by atoms with Gasteiger partial charge < -0.3 is 10.2 Å². The van der Waals surface area contributed by atoms with Crippen LogP contribution in [0.15, 0.2) is 47.2 Å². The number of oxime groups is 1. The number of nitrogens with zero attached hydrogens (tertiary/aromatic N) is 1. The number of carbonyl (C=O) groups excluding carboxylic acids is 1. The number of benzene rings is 1. The maximum atomic E-state index is 14.2. The molecule has 1 atom stereocenters. The molecule has 2 aliphatic heterocycles. The number of allylic oxidation sites excluding steroid dienone is 3. The van der Waals surface area contributed by atoms with Crippen LogP contribution in [0.1, 0.15) is 32.3 Å². The Bertz CT molecular complexity index is 939. The van der Waals surface area contributed by atoms with Gasteiger partial charge in [0.15, 0.2) is 0 Å².